The molecule has 0 aromatic heterocycles. The van der Waals surface area contributed by atoms with Crippen LogP contribution in [-0.2, 0) is 0 Å². The minimum Gasteiger partial charge on any atom is -0.312 e. The van der Waals surface area contributed by atoms with Crippen molar-refractivity contribution in [3.63, 3.8) is 0 Å². The molecule has 0 unspecified atom stereocenters. The lowest BCUT2D eigenvalue weighted by Gasteiger charge is -2.07. The topological polar surface area (TPSA) is 49.8 Å². The third kappa shape index (κ3) is 1.63. The molecule has 2 heteroatoms. The number of rotatable bonds is 1. The molecule has 0 aliphatic heterocycles. The molecule has 0 saturated heterocycles. The van der Waals surface area contributed by atoms with Gasteiger partial charge in [-0.15, -0.1) is 0 Å². The average molecular weight is 160 g/mol. The predicted molar refractivity (Wildman–Crippen MR) is 48.5 cm³/mol. The summed E-state index contributed by atoms with van der Waals surface area (Å²) in [5, 5.41) is 8.63. The summed E-state index contributed by atoms with van der Waals surface area (Å²) in [5.41, 5.74) is 8.75. The lowest BCUT2D eigenvalue weighted by Crippen LogP contribution is -2.09. The standard InChI is InChI=1S/C10H12N2/c1-7-3-4-8(2)9(5-7)10(12)6-11/h3-5,10H,12H2,1-2H3/t10-/m0/s1. The van der Waals surface area contributed by atoms with Gasteiger partial charge in [0.2, 0.25) is 0 Å². The summed E-state index contributed by atoms with van der Waals surface area (Å²) in [5.74, 6) is 0. The van der Waals surface area contributed by atoms with E-state index in [1.807, 2.05) is 38.1 Å². The highest BCUT2D eigenvalue weighted by Gasteiger charge is 2.06. The van der Waals surface area contributed by atoms with E-state index >= 15 is 0 Å². The number of nitrogens with two attached hydrogens (primary N) is 1. The van der Waals surface area contributed by atoms with Gasteiger partial charge >= 0.3 is 0 Å². The molecule has 1 aromatic carbocycles. The fraction of sp³-hybridized carbons (Fsp3) is 0.300. The van der Waals surface area contributed by atoms with Crippen LogP contribution in [0.25, 0.3) is 0 Å². The van der Waals surface area contributed by atoms with Crippen molar-refractivity contribution in [1.29, 1.82) is 5.26 Å². The number of hydrogen-bond acceptors (Lipinski definition) is 2. The average Bonchev–Trinajstić information content (AvgIpc) is 2.08. The zero-order valence-corrected chi connectivity index (χ0v) is 7.33. The van der Waals surface area contributed by atoms with E-state index in [1.54, 1.807) is 0 Å². The Hall–Kier alpha value is -1.33. The SMILES string of the molecule is Cc1ccc(C)c([C@@H](N)C#N)c1. The molecule has 2 nitrogen and oxygen atoms in total. The van der Waals surface area contributed by atoms with Gasteiger partial charge in [0.1, 0.15) is 6.04 Å². The molecule has 0 radical (unpaired) electrons. The van der Waals surface area contributed by atoms with Gasteiger partial charge in [-0.2, -0.15) is 5.26 Å². The maximum Gasteiger partial charge on any atom is 0.119 e. The zero-order valence-electron chi connectivity index (χ0n) is 7.33. The Labute approximate surface area is 72.6 Å². The molecule has 1 rings (SSSR count). The Morgan fingerprint density at radius 2 is 2.08 bits per heavy atom. The lowest BCUT2D eigenvalue weighted by molar-refractivity contribution is 0.911. The summed E-state index contributed by atoms with van der Waals surface area (Å²) in [7, 11) is 0. The minimum atomic E-state index is -0.495. The minimum absolute atomic E-state index is 0.495. The van der Waals surface area contributed by atoms with Gasteiger partial charge in [-0.25, -0.2) is 0 Å². The lowest BCUT2D eigenvalue weighted by atomic mass is 10.0. The Balaban J connectivity index is 3.15. The first-order chi connectivity index (χ1) is 5.65. The van der Waals surface area contributed by atoms with Crippen molar-refractivity contribution in [2.24, 2.45) is 5.73 Å². The van der Waals surface area contributed by atoms with Gasteiger partial charge < -0.3 is 5.73 Å². The zero-order chi connectivity index (χ0) is 9.14. The first kappa shape index (κ1) is 8.76. The predicted octanol–water partition coefficient (Wildman–Crippen LogP) is 1.83. The third-order valence-corrected chi connectivity index (χ3v) is 1.91. The van der Waals surface area contributed by atoms with Crippen LogP contribution in [0.2, 0.25) is 0 Å². The van der Waals surface area contributed by atoms with Gasteiger partial charge in [-0.3, -0.25) is 0 Å². The quantitative estimate of drug-likeness (QED) is 0.681. The molecule has 62 valence electrons. The third-order valence-electron chi connectivity index (χ3n) is 1.91. The summed E-state index contributed by atoms with van der Waals surface area (Å²) in [6.45, 7) is 3.96. The summed E-state index contributed by atoms with van der Waals surface area (Å²) in [4.78, 5) is 0. The van der Waals surface area contributed by atoms with Gasteiger partial charge in [-0.05, 0) is 25.0 Å². The van der Waals surface area contributed by atoms with Crippen LogP contribution in [0.5, 0.6) is 0 Å². The van der Waals surface area contributed by atoms with E-state index in [1.165, 1.54) is 0 Å². The molecule has 0 saturated carbocycles. The van der Waals surface area contributed by atoms with Gasteiger partial charge in [0, 0.05) is 0 Å². The maximum absolute atomic E-state index is 8.63. The maximum atomic E-state index is 8.63. The molecule has 0 aliphatic rings. The molecule has 0 fully saturated rings. The van der Waals surface area contributed by atoms with Gasteiger partial charge in [0.25, 0.3) is 0 Å². The van der Waals surface area contributed by atoms with E-state index in [0.717, 1.165) is 16.7 Å². The Kier molecular flexibility index (Phi) is 2.47. The van der Waals surface area contributed by atoms with Crippen molar-refractivity contribution in [1.82, 2.24) is 0 Å². The van der Waals surface area contributed by atoms with Crippen LogP contribution in [-0.4, -0.2) is 0 Å². The van der Waals surface area contributed by atoms with E-state index < -0.39 is 6.04 Å². The Bertz CT molecular complexity index is 323. The normalized spacial score (nSPS) is 12.2. The first-order valence-corrected chi connectivity index (χ1v) is 3.87. The molecule has 0 spiro atoms. The Morgan fingerprint density at radius 1 is 1.42 bits per heavy atom. The van der Waals surface area contributed by atoms with Crippen molar-refractivity contribution < 1.29 is 0 Å². The molecule has 0 heterocycles. The number of aryl methyl sites for hydroxylation is 2. The van der Waals surface area contributed by atoms with Gasteiger partial charge in [-0.1, -0.05) is 23.8 Å². The second-order valence-corrected chi connectivity index (χ2v) is 2.97. The second-order valence-electron chi connectivity index (χ2n) is 2.97. The molecule has 0 aliphatic carbocycles. The van der Waals surface area contributed by atoms with E-state index in [4.69, 9.17) is 11.0 Å². The largest absolute Gasteiger partial charge is 0.312 e. The van der Waals surface area contributed by atoms with Crippen molar-refractivity contribution >= 4 is 0 Å². The summed E-state index contributed by atoms with van der Waals surface area (Å²) in [6, 6.07) is 7.50. The second kappa shape index (κ2) is 3.38. The fourth-order valence-electron chi connectivity index (χ4n) is 1.16. The molecule has 0 amide bonds. The van der Waals surface area contributed by atoms with Gasteiger partial charge in [0.15, 0.2) is 0 Å². The van der Waals surface area contributed by atoms with Crippen LogP contribution in [0.1, 0.15) is 22.7 Å². The molecule has 1 aromatic rings. The molecule has 0 bridgehead atoms. The number of nitrogens with zero attached hydrogens (tertiary/aromatic N) is 1. The molecule has 12 heavy (non-hydrogen) atoms. The molecular formula is C10H12N2. The number of benzene rings is 1. The van der Waals surface area contributed by atoms with Crippen LogP contribution in [0.15, 0.2) is 18.2 Å². The monoisotopic (exact) mass is 160 g/mol. The van der Waals surface area contributed by atoms with E-state index in [-0.39, 0.29) is 0 Å². The number of hydrogen-bond donors (Lipinski definition) is 1. The fourth-order valence-corrected chi connectivity index (χ4v) is 1.16. The van der Waals surface area contributed by atoms with Crippen molar-refractivity contribution in [2.45, 2.75) is 19.9 Å². The summed E-state index contributed by atoms with van der Waals surface area (Å²) < 4.78 is 0. The van der Waals surface area contributed by atoms with Crippen molar-refractivity contribution in [3.8, 4) is 6.07 Å². The van der Waals surface area contributed by atoms with Crippen molar-refractivity contribution in [3.05, 3.63) is 34.9 Å². The van der Waals surface area contributed by atoms with Crippen LogP contribution < -0.4 is 5.73 Å². The first-order valence-electron chi connectivity index (χ1n) is 3.87. The Morgan fingerprint density at radius 3 is 2.67 bits per heavy atom. The van der Waals surface area contributed by atoms with Gasteiger partial charge in [0.05, 0.1) is 6.07 Å². The highest BCUT2D eigenvalue weighted by atomic mass is 14.6. The highest BCUT2D eigenvalue weighted by molar-refractivity contribution is 5.35. The van der Waals surface area contributed by atoms with Crippen LogP contribution in [0, 0.1) is 25.2 Å². The van der Waals surface area contributed by atoms with Crippen LogP contribution >= 0.6 is 0 Å². The van der Waals surface area contributed by atoms with E-state index in [9.17, 15) is 0 Å². The summed E-state index contributed by atoms with van der Waals surface area (Å²) >= 11 is 0. The molecular weight excluding hydrogens is 148 g/mol. The summed E-state index contributed by atoms with van der Waals surface area (Å²) in [6.07, 6.45) is 0. The van der Waals surface area contributed by atoms with Crippen LogP contribution in [0.3, 0.4) is 0 Å². The smallest absolute Gasteiger partial charge is 0.119 e. The molecule has 2 N–H and O–H groups in total. The molecule has 1 atom stereocenters. The van der Waals surface area contributed by atoms with Crippen molar-refractivity contribution in [2.75, 3.05) is 0 Å². The van der Waals surface area contributed by atoms with E-state index in [0.29, 0.717) is 0 Å². The highest BCUT2D eigenvalue weighted by Crippen LogP contribution is 2.16. The van der Waals surface area contributed by atoms with E-state index in [2.05, 4.69) is 0 Å². The number of nitriles is 1. The van der Waals surface area contributed by atoms with Crippen LogP contribution in [0.4, 0.5) is 0 Å².